The summed E-state index contributed by atoms with van der Waals surface area (Å²) in [5, 5.41) is 2.92. The lowest BCUT2D eigenvalue weighted by Crippen LogP contribution is -2.37. The number of nitrogens with zero attached hydrogens (tertiary/aromatic N) is 4. The van der Waals surface area contributed by atoms with Crippen LogP contribution in [-0.4, -0.2) is 53.0 Å². The van der Waals surface area contributed by atoms with Gasteiger partial charge in [0.1, 0.15) is 0 Å². The number of nitrogens with one attached hydrogen (secondary N) is 1. The van der Waals surface area contributed by atoms with Crippen LogP contribution in [0.5, 0.6) is 0 Å². The lowest BCUT2D eigenvalue weighted by atomic mass is 9.94. The van der Waals surface area contributed by atoms with Crippen molar-refractivity contribution in [2.75, 3.05) is 32.5 Å². The SMILES string of the molecule is Cc1cncc(NC(=O)N(C)C[C@@H]2CCN(C)[C@H]2c2cccnc2)c1. The summed E-state index contributed by atoms with van der Waals surface area (Å²) in [4.78, 5) is 25.0. The predicted molar refractivity (Wildman–Crippen MR) is 98.3 cm³/mol. The van der Waals surface area contributed by atoms with Gasteiger partial charge < -0.3 is 10.2 Å². The minimum atomic E-state index is -0.105. The third-order valence-corrected chi connectivity index (χ3v) is 4.78. The zero-order valence-corrected chi connectivity index (χ0v) is 15.0. The molecule has 1 aliphatic heterocycles. The second-order valence-corrected chi connectivity index (χ2v) is 6.82. The van der Waals surface area contributed by atoms with Gasteiger partial charge in [-0.25, -0.2) is 4.79 Å². The van der Waals surface area contributed by atoms with Gasteiger partial charge in [-0.2, -0.15) is 0 Å². The van der Waals surface area contributed by atoms with Crippen molar-refractivity contribution in [2.45, 2.75) is 19.4 Å². The fourth-order valence-corrected chi connectivity index (χ4v) is 3.57. The van der Waals surface area contributed by atoms with Crippen LogP contribution in [0.3, 0.4) is 0 Å². The van der Waals surface area contributed by atoms with E-state index in [0.29, 0.717) is 18.5 Å². The van der Waals surface area contributed by atoms with E-state index in [0.717, 1.165) is 24.2 Å². The van der Waals surface area contributed by atoms with Gasteiger partial charge in [-0.05, 0) is 56.1 Å². The number of carbonyl (C=O) groups excluding carboxylic acids is 1. The van der Waals surface area contributed by atoms with E-state index in [1.54, 1.807) is 23.5 Å². The van der Waals surface area contributed by atoms with E-state index in [1.165, 1.54) is 5.56 Å². The molecule has 2 amide bonds. The zero-order chi connectivity index (χ0) is 17.8. The number of rotatable bonds is 4. The van der Waals surface area contributed by atoms with E-state index in [1.807, 2.05) is 32.3 Å². The van der Waals surface area contributed by atoms with Crippen molar-refractivity contribution in [1.29, 1.82) is 0 Å². The molecule has 0 radical (unpaired) electrons. The molecule has 0 bridgehead atoms. The molecule has 2 aromatic rings. The molecule has 0 spiro atoms. The second kappa shape index (κ2) is 7.61. The maximum Gasteiger partial charge on any atom is 0.321 e. The minimum absolute atomic E-state index is 0.105. The number of hydrogen-bond acceptors (Lipinski definition) is 4. The lowest BCUT2D eigenvalue weighted by Gasteiger charge is -2.28. The summed E-state index contributed by atoms with van der Waals surface area (Å²) >= 11 is 0. The van der Waals surface area contributed by atoms with Crippen molar-refractivity contribution in [3.63, 3.8) is 0 Å². The Labute approximate surface area is 148 Å². The zero-order valence-electron chi connectivity index (χ0n) is 15.0. The molecule has 1 aliphatic rings. The number of carbonyl (C=O) groups is 1. The number of aryl methyl sites for hydroxylation is 1. The number of aromatic nitrogens is 2. The summed E-state index contributed by atoms with van der Waals surface area (Å²) in [6.07, 6.45) is 8.23. The Morgan fingerprint density at radius 1 is 1.36 bits per heavy atom. The molecule has 3 rings (SSSR count). The third kappa shape index (κ3) is 4.14. The number of hydrogen-bond donors (Lipinski definition) is 1. The van der Waals surface area contributed by atoms with Gasteiger partial charge in [0.25, 0.3) is 0 Å². The first-order valence-electron chi connectivity index (χ1n) is 8.58. The molecule has 0 aliphatic carbocycles. The van der Waals surface area contributed by atoms with Crippen molar-refractivity contribution in [1.82, 2.24) is 19.8 Å². The molecule has 1 fully saturated rings. The average molecular weight is 339 g/mol. The van der Waals surface area contributed by atoms with Crippen LogP contribution < -0.4 is 5.32 Å². The Balaban J connectivity index is 1.65. The molecule has 1 N–H and O–H groups in total. The van der Waals surface area contributed by atoms with Crippen molar-refractivity contribution in [3.8, 4) is 0 Å². The molecule has 0 unspecified atom stereocenters. The molecule has 25 heavy (non-hydrogen) atoms. The van der Waals surface area contributed by atoms with Crippen LogP contribution in [0.2, 0.25) is 0 Å². The molecule has 132 valence electrons. The van der Waals surface area contributed by atoms with Gasteiger partial charge in [0.05, 0.1) is 11.9 Å². The van der Waals surface area contributed by atoms with Gasteiger partial charge in [0.15, 0.2) is 0 Å². The monoisotopic (exact) mass is 339 g/mol. The Hall–Kier alpha value is -2.47. The van der Waals surface area contributed by atoms with Gasteiger partial charge in [-0.15, -0.1) is 0 Å². The normalized spacial score (nSPS) is 20.4. The molecular formula is C19H25N5O. The molecule has 3 heterocycles. The fourth-order valence-electron chi connectivity index (χ4n) is 3.57. The molecule has 0 saturated carbocycles. The maximum atomic E-state index is 12.5. The smallest absolute Gasteiger partial charge is 0.321 e. The molecule has 2 aromatic heterocycles. The van der Waals surface area contributed by atoms with Gasteiger partial charge >= 0.3 is 6.03 Å². The van der Waals surface area contributed by atoms with E-state index in [2.05, 4.69) is 33.3 Å². The average Bonchev–Trinajstić information content (AvgIpc) is 2.96. The number of anilines is 1. The Kier molecular flexibility index (Phi) is 5.28. The van der Waals surface area contributed by atoms with E-state index in [-0.39, 0.29) is 6.03 Å². The number of amides is 2. The summed E-state index contributed by atoms with van der Waals surface area (Å²) in [7, 11) is 3.98. The Morgan fingerprint density at radius 2 is 2.20 bits per heavy atom. The van der Waals surface area contributed by atoms with Crippen LogP contribution in [0.25, 0.3) is 0 Å². The first kappa shape index (κ1) is 17.4. The summed E-state index contributed by atoms with van der Waals surface area (Å²) in [5.41, 5.74) is 2.96. The van der Waals surface area contributed by atoms with E-state index >= 15 is 0 Å². The second-order valence-electron chi connectivity index (χ2n) is 6.82. The molecule has 1 saturated heterocycles. The van der Waals surface area contributed by atoms with Crippen LogP contribution >= 0.6 is 0 Å². The maximum absolute atomic E-state index is 12.5. The van der Waals surface area contributed by atoms with Crippen LogP contribution in [0.4, 0.5) is 10.5 Å². The van der Waals surface area contributed by atoms with Crippen LogP contribution in [0.1, 0.15) is 23.6 Å². The predicted octanol–water partition coefficient (Wildman–Crippen LogP) is 2.94. The highest BCUT2D eigenvalue weighted by Gasteiger charge is 2.34. The summed E-state index contributed by atoms with van der Waals surface area (Å²) in [6, 6.07) is 6.20. The first-order valence-corrected chi connectivity index (χ1v) is 8.58. The van der Waals surface area contributed by atoms with Gasteiger partial charge in [0, 0.05) is 38.2 Å². The van der Waals surface area contributed by atoms with Crippen LogP contribution in [0, 0.1) is 12.8 Å². The van der Waals surface area contributed by atoms with Gasteiger partial charge in [-0.3, -0.25) is 14.9 Å². The van der Waals surface area contributed by atoms with E-state index in [9.17, 15) is 4.79 Å². The molecular weight excluding hydrogens is 314 g/mol. The van der Waals surface area contributed by atoms with Crippen molar-refractivity contribution >= 4 is 11.7 Å². The van der Waals surface area contributed by atoms with Crippen LogP contribution in [-0.2, 0) is 0 Å². The van der Waals surface area contributed by atoms with Crippen LogP contribution in [0.15, 0.2) is 43.0 Å². The molecule has 6 nitrogen and oxygen atoms in total. The lowest BCUT2D eigenvalue weighted by molar-refractivity contribution is 0.201. The Morgan fingerprint density at radius 3 is 2.92 bits per heavy atom. The molecule has 2 atom stereocenters. The third-order valence-electron chi connectivity index (χ3n) is 4.78. The largest absolute Gasteiger partial charge is 0.327 e. The van der Waals surface area contributed by atoms with Crippen molar-refractivity contribution in [2.24, 2.45) is 5.92 Å². The summed E-state index contributed by atoms with van der Waals surface area (Å²) in [5.74, 6) is 0.389. The fraction of sp³-hybridized carbons (Fsp3) is 0.421. The number of pyridine rings is 2. The standard InChI is InChI=1S/C19H25N5O/c1-14-9-17(12-21-10-14)22-19(25)24(3)13-16-6-8-23(2)18(16)15-5-4-7-20-11-15/h4-5,7,9-12,16,18H,6,8,13H2,1-3H3,(H,22,25)/t16-,18-/m0/s1. The molecule has 0 aromatic carbocycles. The quantitative estimate of drug-likeness (QED) is 0.930. The topological polar surface area (TPSA) is 61.4 Å². The molecule has 6 heteroatoms. The van der Waals surface area contributed by atoms with Gasteiger partial charge in [-0.1, -0.05) is 6.07 Å². The number of likely N-dealkylation sites (tertiary alicyclic amines) is 1. The highest BCUT2D eigenvalue weighted by atomic mass is 16.2. The van der Waals surface area contributed by atoms with E-state index < -0.39 is 0 Å². The van der Waals surface area contributed by atoms with Crippen molar-refractivity contribution in [3.05, 3.63) is 54.1 Å². The first-order chi connectivity index (χ1) is 12.0. The minimum Gasteiger partial charge on any atom is -0.327 e. The summed E-state index contributed by atoms with van der Waals surface area (Å²) in [6.45, 7) is 3.69. The number of urea groups is 1. The highest BCUT2D eigenvalue weighted by Crippen LogP contribution is 2.36. The Bertz CT molecular complexity index is 721. The summed E-state index contributed by atoms with van der Waals surface area (Å²) < 4.78 is 0. The van der Waals surface area contributed by atoms with Gasteiger partial charge in [0.2, 0.25) is 0 Å². The van der Waals surface area contributed by atoms with E-state index in [4.69, 9.17) is 0 Å². The van der Waals surface area contributed by atoms with Crippen molar-refractivity contribution < 1.29 is 4.79 Å². The highest BCUT2D eigenvalue weighted by molar-refractivity contribution is 5.89.